The van der Waals surface area contributed by atoms with Crippen LogP contribution in [0.5, 0.6) is 5.75 Å². The molecule has 0 saturated heterocycles. The lowest BCUT2D eigenvalue weighted by Crippen LogP contribution is -2.25. The maximum Gasteiger partial charge on any atom is 0.255 e. The van der Waals surface area contributed by atoms with Gasteiger partial charge in [-0.3, -0.25) is 4.79 Å². The van der Waals surface area contributed by atoms with E-state index in [0.29, 0.717) is 23.2 Å². The van der Waals surface area contributed by atoms with Crippen LogP contribution in [-0.2, 0) is 0 Å². The summed E-state index contributed by atoms with van der Waals surface area (Å²) in [5.74, 6) is 0.0514. The van der Waals surface area contributed by atoms with Crippen LogP contribution in [0, 0.1) is 11.3 Å². The van der Waals surface area contributed by atoms with E-state index in [2.05, 4.69) is 21.2 Å². The van der Waals surface area contributed by atoms with Crippen LogP contribution in [0.25, 0.3) is 0 Å². The zero-order chi connectivity index (χ0) is 12.8. The van der Waals surface area contributed by atoms with Crippen LogP contribution in [-0.4, -0.2) is 24.9 Å². The van der Waals surface area contributed by atoms with Crippen molar-refractivity contribution in [3.63, 3.8) is 0 Å². The average Bonchev–Trinajstić information content (AvgIpc) is 2.35. The van der Waals surface area contributed by atoms with Gasteiger partial charge < -0.3 is 10.1 Å². The monoisotopic (exact) mass is 316 g/mol. The second-order valence-electron chi connectivity index (χ2n) is 3.09. The molecule has 0 aliphatic rings. The number of alkyl halides is 1. The summed E-state index contributed by atoms with van der Waals surface area (Å²) in [6.07, 6.45) is 0. The van der Waals surface area contributed by atoms with E-state index in [4.69, 9.17) is 21.6 Å². The van der Waals surface area contributed by atoms with Gasteiger partial charge in [0.2, 0.25) is 0 Å². The lowest BCUT2D eigenvalue weighted by Gasteiger charge is -2.09. The van der Waals surface area contributed by atoms with Gasteiger partial charge >= 0.3 is 0 Å². The van der Waals surface area contributed by atoms with Crippen molar-refractivity contribution in [1.82, 2.24) is 5.32 Å². The summed E-state index contributed by atoms with van der Waals surface area (Å²) in [5, 5.41) is 12.4. The van der Waals surface area contributed by atoms with E-state index in [9.17, 15) is 4.79 Å². The summed E-state index contributed by atoms with van der Waals surface area (Å²) in [6.45, 7) is 0.493. The van der Waals surface area contributed by atoms with E-state index in [0.717, 1.165) is 0 Å². The smallest absolute Gasteiger partial charge is 0.255 e. The van der Waals surface area contributed by atoms with Crippen molar-refractivity contribution in [1.29, 1.82) is 5.26 Å². The van der Waals surface area contributed by atoms with E-state index < -0.39 is 0 Å². The fourth-order valence-corrected chi connectivity index (χ4v) is 1.64. The van der Waals surface area contributed by atoms with E-state index in [1.807, 2.05) is 6.07 Å². The van der Waals surface area contributed by atoms with Crippen LogP contribution in [0.15, 0.2) is 12.1 Å². The molecule has 0 atom stereocenters. The van der Waals surface area contributed by atoms with Crippen molar-refractivity contribution in [2.24, 2.45) is 0 Å². The molecule has 1 N–H and O–H groups in total. The quantitative estimate of drug-likeness (QED) is 0.867. The van der Waals surface area contributed by atoms with Crippen molar-refractivity contribution in [3.8, 4) is 11.8 Å². The molecule has 0 saturated carbocycles. The Morgan fingerprint density at radius 1 is 1.65 bits per heavy atom. The normalized spacial score (nSPS) is 9.53. The fraction of sp³-hybridized carbons (Fsp3) is 0.273. The molecule has 0 aliphatic carbocycles. The summed E-state index contributed by atoms with van der Waals surface area (Å²) < 4.78 is 5.06. The highest BCUT2D eigenvalue weighted by Gasteiger charge is 2.15. The van der Waals surface area contributed by atoms with Crippen LogP contribution in [0.3, 0.4) is 0 Å². The molecule has 0 heterocycles. The first kappa shape index (κ1) is 13.8. The number of hydrogen-bond donors (Lipinski definition) is 1. The number of amides is 1. The Labute approximate surface area is 113 Å². The van der Waals surface area contributed by atoms with Gasteiger partial charge in [-0.25, -0.2) is 0 Å². The van der Waals surface area contributed by atoms with Crippen LogP contribution in [0.4, 0.5) is 0 Å². The molecule has 6 heteroatoms. The summed E-state index contributed by atoms with van der Waals surface area (Å²) in [6, 6.07) is 4.80. The number of carbonyl (C=O) groups excluding carboxylic acids is 1. The Bertz CT molecular complexity index is 471. The minimum Gasteiger partial charge on any atom is -0.496 e. The lowest BCUT2D eigenvalue weighted by atomic mass is 10.1. The summed E-state index contributed by atoms with van der Waals surface area (Å²) in [7, 11) is 1.44. The fourth-order valence-electron chi connectivity index (χ4n) is 1.24. The largest absolute Gasteiger partial charge is 0.496 e. The number of nitrogens with one attached hydrogen (secondary N) is 1. The molecule has 0 unspecified atom stereocenters. The van der Waals surface area contributed by atoms with Crippen LogP contribution in [0.1, 0.15) is 15.9 Å². The number of benzene rings is 1. The first-order chi connectivity index (χ1) is 8.13. The van der Waals surface area contributed by atoms with Gasteiger partial charge in [-0.05, 0) is 6.07 Å². The summed E-state index contributed by atoms with van der Waals surface area (Å²) in [5.41, 5.74) is 0.547. The molecular formula is C11H10BrClN2O2. The van der Waals surface area contributed by atoms with Crippen LogP contribution in [0.2, 0.25) is 5.02 Å². The topological polar surface area (TPSA) is 62.1 Å². The molecule has 0 fully saturated rings. The maximum absolute atomic E-state index is 11.8. The Morgan fingerprint density at radius 3 is 2.88 bits per heavy atom. The number of ether oxygens (including phenoxy) is 1. The molecule has 0 radical (unpaired) electrons. The Hall–Kier alpha value is -1.25. The highest BCUT2D eigenvalue weighted by atomic mass is 79.9. The molecule has 0 aromatic heterocycles. The zero-order valence-electron chi connectivity index (χ0n) is 9.09. The van der Waals surface area contributed by atoms with Crippen LogP contribution < -0.4 is 10.1 Å². The second-order valence-corrected chi connectivity index (χ2v) is 4.29. The van der Waals surface area contributed by atoms with Crippen molar-refractivity contribution >= 4 is 33.4 Å². The number of hydrogen-bond acceptors (Lipinski definition) is 3. The average molecular weight is 318 g/mol. The number of nitrogens with zero attached hydrogens (tertiary/aromatic N) is 1. The van der Waals surface area contributed by atoms with Gasteiger partial charge in [0.25, 0.3) is 5.91 Å². The molecule has 17 heavy (non-hydrogen) atoms. The van der Waals surface area contributed by atoms with Crippen molar-refractivity contribution in [2.45, 2.75) is 0 Å². The molecule has 0 spiro atoms. The van der Waals surface area contributed by atoms with Gasteiger partial charge in [-0.1, -0.05) is 27.5 Å². The Morgan fingerprint density at radius 2 is 2.35 bits per heavy atom. The molecule has 1 rings (SSSR count). The van der Waals surface area contributed by atoms with Crippen molar-refractivity contribution in [2.75, 3.05) is 19.0 Å². The SMILES string of the molecule is COc1cc(Cl)c(C#N)cc1C(=O)NCCBr. The predicted octanol–water partition coefficient (Wildman–Crippen LogP) is 2.34. The highest BCUT2D eigenvalue weighted by Crippen LogP contribution is 2.26. The van der Waals surface area contributed by atoms with Gasteiger partial charge in [-0.15, -0.1) is 0 Å². The highest BCUT2D eigenvalue weighted by molar-refractivity contribution is 9.09. The zero-order valence-corrected chi connectivity index (χ0v) is 11.4. The van der Waals surface area contributed by atoms with E-state index in [-0.39, 0.29) is 16.5 Å². The first-order valence-electron chi connectivity index (χ1n) is 4.75. The molecule has 90 valence electrons. The van der Waals surface area contributed by atoms with Crippen LogP contribution >= 0.6 is 27.5 Å². The van der Waals surface area contributed by atoms with E-state index in [1.54, 1.807) is 0 Å². The first-order valence-corrected chi connectivity index (χ1v) is 6.25. The van der Waals surface area contributed by atoms with Gasteiger partial charge in [-0.2, -0.15) is 5.26 Å². The molecule has 4 nitrogen and oxygen atoms in total. The number of nitriles is 1. The summed E-state index contributed by atoms with van der Waals surface area (Å²) in [4.78, 5) is 11.8. The Balaban J connectivity index is 3.13. The van der Waals surface area contributed by atoms with Crippen molar-refractivity contribution in [3.05, 3.63) is 28.3 Å². The van der Waals surface area contributed by atoms with E-state index >= 15 is 0 Å². The van der Waals surface area contributed by atoms with Gasteiger partial charge in [0.15, 0.2) is 0 Å². The third-order valence-corrected chi connectivity index (χ3v) is 2.74. The number of halogens is 2. The second kappa shape index (κ2) is 6.48. The number of carbonyl (C=O) groups is 1. The molecule has 1 aromatic carbocycles. The third kappa shape index (κ3) is 3.35. The minimum atomic E-state index is -0.297. The summed E-state index contributed by atoms with van der Waals surface area (Å²) >= 11 is 9.05. The van der Waals surface area contributed by atoms with E-state index in [1.165, 1.54) is 19.2 Å². The molecule has 1 aromatic rings. The number of methoxy groups -OCH3 is 1. The Kier molecular flexibility index (Phi) is 5.26. The number of rotatable bonds is 4. The molecule has 0 bridgehead atoms. The van der Waals surface area contributed by atoms with Gasteiger partial charge in [0.05, 0.1) is 23.3 Å². The third-order valence-electron chi connectivity index (χ3n) is 2.03. The molecule has 0 aliphatic heterocycles. The minimum absolute atomic E-state index is 0.247. The predicted molar refractivity (Wildman–Crippen MR) is 68.8 cm³/mol. The molecule has 1 amide bonds. The van der Waals surface area contributed by atoms with Crippen molar-refractivity contribution < 1.29 is 9.53 Å². The van der Waals surface area contributed by atoms with Gasteiger partial charge in [0, 0.05) is 17.9 Å². The van der Waals surface area contributed by atoms with Gasteiger partial charge in [0.1, 0.15) is 11.8 Å². The lowest BCUT2D eigenvalue weighted by molar-refractivity contribution is 0.0953. The molecular weight excluding hydrogens is 307 g/mol. The maximum atomic E-state index is 11.8. The standard InChI is InChI=1S/C11H10BrClN2O2/c1-17-10-5-9(13)7(6-14)4-8(10)11(16)15-3-2-12/h4-5H,2-3H2,1H3,(H,15,16).